The fourth-order valence-corrected chi connectivity index (χ4v) is 4.51. The Bertz CT molecular complexity index is 884. The molecule has 142 valence electrons. The van der Waals surface area contributed by atoms with Gasteiger partial charge in [0, 0.05) is 10.6 Å². The van der Waals surface area contributed by atoms with Gasteiger partial charge in [-0.15, -0.1) is 0 Å². The second-order valence-corrected chi connectivity index (χ2v) is 8.34. The average molecular weight is 393 g/mol. The zero-order valence-corrected chi connectivity index (χ0v) is 16.8. The van der Waals surface area contributed by atoms with Crippen molar-refractivity contribution in [1.82, 2.24) is 0 Å². The van der Waals surface area contributed by atoms with Gasteiger partial charge in [-0.2, -0.15) is 0 Å². The Morgan fingerprint density at radius 2 is 2.07 bits per heavy atom. The van der Waals surface area contributed by atoms with Crippen molar-refractivity contribution in [1.29, 1.82) is 0 Å². The van der Waals surface area contributed by atoms with E-state index in [0.717, 1.165) is 47.3 Å². The minimum Gasteiger partial charge on any atom is -0.496 e. The molecule has 0 saturated carbocycles. The molecule has 1 fully saturated rings. The smallest absolute Gasteiger partial charge is 0.126 e. The first-order valence-electron chi connectivity index (χ1n) is 9.74. The first-order valence-corrected chi connectivity index (χ1v) is 10.1. The largest absolute Gasteiger partial charge is 0.496 e. The van der Waals surface area contributed by atoms with Crippen molar-refractivity contribution in [2.45, 2.75) is 49.5 Å². The molecule has 3 nitrogen and oxygen atoms in total. The lowest BCUT2D eigenvalue weighted by Crippen LogP contribution is -2.39. The van der Waals surface area contributed by atoms with Crippen molar-refractivity contribution in [3.8, 4) is 5.75 Å². The highest BCUT2D eigenvalue weighted by molar-refractivity contribution is 6.41. The number of hydrogen-bond acceptors (Lipinski definition) is 3. The van der Waals surface area contributed by atoms with Crippen molar-refractivity contribution in [2.75, 3.05) is 13.7 Å². The molecule has 2 aliphatic rings. The molecule has 6 heteroatoms. The topological polar surface area (TPSA) is 38.7 Å². The van der Waals surface area contributed by atoms with Gasteiger partial charge in [0.15, 0.2) is 0 Å². The molecule has 2 atom stereocenters. The van der Waals surface area contributed by atoms with Crippen LogP contribution in [0.3, 0.4) is 0 Å². The predicted molar refractivity (Wildman–Crippen MR) is 113 cm³/mol. The minimum atomic E-state index is -0.727. The van der Waals surface area contributed by atoms with Crippen molar-refractivity contribution < 1.29 is 14.6 Å². The van der Waals surface area contributed by atoms with Crippen LogP contribution < -0.4 is 4.74 Å². The molecule has 4 rings (SSSR count). The van der Waals surface area contributed by atoms with Gasteiger partial charge < -0.3 is 14.6 Å². The maximum absolute atomic E-state index is 9.47. The lowest BCUT2D eigenvalue weighted by molar-refractivity contribution is -0.0743. The summed E-state index contributed by atoms with van der Waals surface area (Å²) in [5, 5.41) is 9.40. The van der Waals surface area contributed by atoms with Crippen LogP contribution in [0, 0.1) is 0 Å². The summed E-state index contributed by atoms with van der Waals surface area (Å²) in [6.07, 6.45) is 3.94. The average Bonchev–Trinajstić information content (AvgIpc) is 2.69. The van der Waals surface area contributed by atoms with E-state index in [9.17, 15) is 5.11 Å². The summed E-state index contributed by atoms with van der Waals surface area (Å²) in [5.74, 6) is 0.720. The van der Waals surface area contributed by atoms with Gasteiger partial charge in [-0.1, -0.05) is 40.6 Å². The number of methoxy groups -OCH3 is 1. The molecule has 1 aliphatic carbocycles. The molecular weight excluding hydrogens is 369 g/mol. The summed E-state index contributed by atoms with van der Waals surface area (Å²) >= 11 is 6.56. The van der Waals surface area contributed by atoms with E-state index in [1.807, 2.05) is 6.07 Å². The van der Waals surface area contributed by atoms with Crippen molar-refractivity contribution in [3.05, 3.63) is 63.2 Å². The van der Waals surface area contributed by atoms with Crippen LogP contribution in [0.4, 0.5) is 0 Å². The molecule has 1 aliphatic heterocycles. The number of benzene rings is 2. The lowest BCUT2D eigenvalue weighted by Gasteiger charge is -2.39. The van der Waals surface area contributed by atoms with Crippen LogP contribution in [-0.4, -0.2) is 40.6 Å². The Labute approximate surface area is 174 Å². The van der Waals surface area contributed by atoms with Gasteiger partial charge in [0.25, 0.3) is 0 Å². The number of aliphatic hydroxyl groups excluding tert-OH is 1. The Balaban J connectivity index is 1.64. The molecule has 1 saturated heterocycles. The van der Waals surface area contributed by atoms with E-state index in [4.69, 9.17) is 36.8 Å². The van der Waals surface area contributed by atoms with E-state index in [2.05, 4.69) is 24.3 Å². The fourth-order valence-electron chi connectivity index (χ4n) is 4.29. The van der Waals surface area contributed by atoms with Crippen LogP contribution in [0.25, 0.3) is 0 Å². The van der Waals surface area contributed by atoms with E-state index in [0.29, 0.717) is 17.9 Å². The second kappa shape index (κ2) is 7.78. The van der Waals surface area contributed by atoms with Crippen LogP contribution in [0.5, 0.6) is 5.75 Å². The highest BCUT2D eigenvalue weighted by atomic mass is 35.5. The van der Waals surface area contributed by atoms with Gasteiger partial charge in [0.05, 0.1) is 41.6 Å². The fraction of sp³-hybridized carbons (Fsp3) is 0.455. The van der Waals surface area contributed by atoms with Gasteiger partial charge in [-0.3, -0.25) is 0 Å². The monoisotopic (exact) mass is 392 g/mol. The summed E-state index contributed by atoms with van der Waals surface area (Å²) in [5.41, 5.74) is 5.33. The summed E-state index contributed by atoms with van der Waals surface area (Å²) in [6, 6.07) is 10.2. The van der Waals surface area contributed by atoms with Gasteiger partial charge >= 0.3 is 0 Å². The van der Waals surface area contributed by atoms with E-state index in [1.165, 1.54) is 5.56 Å². The zero-order chi connectivity index (χ0) is 19.9. The molecule has 2 aromatic carbocycles. The molecule has 28 heavy (non-hydrogen) atoms. The SMILES string of the molecule is [B]C1([B])Cc2ccc(Cc3cc(C4CCCC(CO)O4)c(OC)cc3Cl)cc21. The molecule has 4 radical (unpaired) electrons. The molecule has 0 spiro atoms. The van der Waals surface area contributed by atoms with Crippen LogP contribution >= 0.6 is 11.6 Å². The van der Waals surface area contributed by atoms with Gasteiger partial charge in [0.1, 0.15) is 5.75 Å². The first kappa shape index (κ1) is 19.9. The standard InChI is InChI=1S/C22H23B2ClO3/c1-27-21-10-19(25)15(9-17(21)20-4-2-3-16(12-26)28-20)7-13-5-6-14-11-22(23,24)18(14)8-13/h5-6,8-10,16,20,26H,2-4,7,11-12H2,1H3. The van der Waals surface area contributed by atoms with Crippen molar-refractivity contribution in [3.63, 3.8) is 0 Å². The maximum atomic E-state index is 9.47. The molecule has 0 aromatic heterocycles. The van der Waals surface area contributed by atoms with E-state index in [-0.39, 0.29) is 18.8 Å². The number of halogens is 1. The van der Waals surface area contributed by atoms with E-state index < -0.39 is 5.21 Å². The lowest BCUT2D eigenvalue weighted by atomic mass is 9.42. The van der Waals surface area contributed by atoms with E-state index >= 15 is 0 Å². The Hall–Kier alpha value is -1.42. The Kier molecular flexibility index (Phi) is 5.52. The number of rotatable bonds is 5. The van der Waals surface area contributed by atoms with Gasteiger partial charge in [-0.05, 0) is 60.9 Å². The third-order valence-electron chi connectivity index (χ3n) is 5.85. The van der Waals surface area contributed by atoms with Crippen LogP contribution in [-0.2, 0) is 22.8 Å². The molecule has 1 heterocycles. The minimum absolute atomic E-state index is 0.0360. The molecule has 0 bridgehead atoms. The highest BCUT2D eigenvalue weighted by Crippen LogP contribution is 2.40. The van der Waals surface area contributed by atoms with Crippen molar-refractivity contribution >= 4 is 27.3 Å². The predicted octanol–water partition coefficient (Wildman–Crippen LogP) is 3.59. The van der Waals surface area contributed by atoms with Crippen molar-refractivity contribution in [2.24, 2.45) is 0 Å². The highest BCUT2D eigenvalue weighted by Gasteiger charge is 2.32. The second-order valence-electron chi connectivity index (χ2n) is 7.93. The first-order chi connectivity index (χ1) is 13.4. The Morgan fingerprint density at radius 1 is 1.25 bits per heavy atom. The maximum Gasteiger partial charge on any atom is 0.126 e. The van der Waals surface area contributed by atoms with Gasteiger partial charge in [-0.25, -0.2) is 0 Å². The molecule has 0 amide bonds. The zero-order valence-electron chi connectivity index (χ0n) is 16.1. The third-order valence-corrected chi connectivity index (χ3v) is 6.20. The molecule has 2 unspecified atom stereocenters. The van der Waals surface area contributed by atoms with Crippen LogP contribution in [0.2, 0.25) is 5.02 Å². The molecular formula is C22H23B2ClO3. The molecule has 1 N–H and O–H groups in total. The normalized spacial score (nSPS) is 23.0. The summed E-state index contributed by atoms with van der Waals surface area (Å²) in [6.45, 7) is 0.0360. The number of hydrogen-bond donors (Lipinski definition) is 1. The molecule has 2 aromatic rings. The third kappa shape index (κ3) is 3.72. The summed E-state index contributed by atoms with van der Waals surface area (Å²) < 4.78 is 11.6. The van der Waals surface area contributed by atoms with Crippen LogP contribution in [0.1, 0.15) is 53.2 Å². The summed E-state index contributed by atoms with van der Waals surface area (Å²) in [7, 11) is 13.9. The number of ether oxygens (including phenoxy) is 2. The van der Waals surface area contributed by atoms with Gasteiger partial charge in [0.2, 0.25) is 0 Å². The van der Waals surface area contributed by atoms with Crippen LogP contribution in [0.15, 0.2) is 30.3 Å². The Morgan fingerprint density at radius 3 is 2.79 bits per heavy atom. The van der Waals surface area contributed by atoms with E-state index in [1.54, 1.807) is 7.11 Å². The number of aliphatic hydroxyl groups is 1. The number of fused-ring (bicyclic) bond motifs is 1. The summed E-state index contributed by atoms with van der Waals surface area (Å²) in [4.78, 5) is 0. The quantitative estimate of drug-likeness (QED) is 0.791.